The smallest absolute Gasteiger partial charge is 0.251 e. The van der Waals surface area contributed by atoms with Crippen LogP contribution in [0.2, 0.25) is 0 Å². The van der Waals surface area contributed by atoms with Crippen LogP contribution in [-0.4, -0.2) is 17.9 Å². The van der Waals surface area contributed by atoms with Crippen LogP contribution in [0.15, 0.2) is 48.5 Å². The number of imide groups is 1. The Morgan fingerprint density at radius 2 is 1.74 bits per heavy atom. The molecule has 1 aliphatic rings. The van der Waals surface area contributed by atoms with Crippen LogP contribution in [0, 0.1) is 9.39 Å². The van der Waals surface area contributed by atoms with E-state index in [1.165, 1.54) is 17.0 Å². The number of hydrogen-bond donors (Lipinski definition) is 1. The minimum absolute atomic E-state index is 0.131. The van der Waals surface area contributed by atoms with Crippen LogP contribution in [0.25, 0.3) is 0 Å². The van der Waals surface area contributed by atoms with E-state index in [0.29, 0.717) is 12.2 Å². The van der Waals surface area contributed by atoms with Crippen molar-refractivity contribution in [3.63, 3.8) is 0 Å². The van der Waals surface area contributed by atoms with Gasteiger partial charge in [-0.25, -0.2) is 9.29 Å². The summed E-state index contributed by atoms with van der Waals surface area (Å²) in [6.45, 7) is 0.407. The zero-order chi connectivity index (χ0) is 16.4. The molecule has 1 heterocycles. The number of amides is 2. The first-order valence-electron chi connectivity index (χ1n) is 7.15. The largest absolute Gasteiger partial charge is 0.301 e. The van der Waals surface area contributed by atoms with Crippen molar-refractivity contribution in [3.05, 3.63) is 63.5 Å². The average Bonchev–Trinajstić information content (AvgIpc) is 2.82. The first-order chi connectivity index (χ1) is 11.0. The van der Waals surface area contributed by atoms with Crippen LogP contribution in [0.4, 0.5) is 10.1 Å². The summed E-state index contributed by atoms with van der Waals surface area (Å²) in [5.41, 5.74) is 1.45. The lowest BCUT2D eigenvalue weighted by atomic mass is 10.2. The van der Waals surface area contributed by atoms with E-state index in [4.69, 9.17) is 0 Å². The summed E-state index contributed by atoms with van der Waals surface area (Å²) in [7, 11) is 0. The second-order valence-corrected chi connectivity index (χ2v) is 6.55. The van der Waals surface area contributed by atoms with Gasteiger partial charge in [0, 0.05) is 10.1 Å². The normalized spacial score (nSPS) is 17.8. The molecular weight excluding hydrogens is 410 g/mol. The Kier molecular flexibility index (Phi) is 4.72. The Labute approximate surface area is 146 Å². The summed E-state index contributed by atoms with van der Waals surface area (Å²) >= 11 is 2.17. The zero-order valence-corrected chi connectivity index (χ0v) is 14.3. The number of benzene rings is 2. The van der Waals surface area contributed by atoms with E-state index >= 15 is 0 Å². The van der Waals surface area contributed by atoms with E-state index in [9.17, 15) is 14.0 Å². The zero-order valence-electron chi connectivity index (χ0n) is 12.1. The summed E-state index contributed by atoms with van der Waals surface area (Å²) in [4.78, 5) is 25.8. The molecule has 1 aliphatic heterocycles. The van der Waals surface area contributed by atoms with Crippen molar-refractivity contribution in [3.8, 4) is 0 Å². The molecule has 2 amide bonds. The fourth-order valence-electron chi connectivity index (χ4n) is 2.50. The molecule has 0 radical (unpaired) electrons. The van der Waals surface area contributed by atoms with Gasteiger partial charge in [0.15, 0.2) is 0 Å². The van der Waals surface area contributed by atoms with Gasteiger partial charge in [-0.05, 0) is 64.6 Å². The molecule has 1 fully saturated rings. The van der Waals surface area contributed by atoms with Crippen molar-refractivity contribution >= 4 is 40.1 Å². The summed E-state index contributed by atoms with van der Waals surface area (Å²) in [6, 6.07) is 12.7. The molecule has 4 nitrogen and oxygen atoms in total. The van der Waals surface area contributed by atoms with Gasteiger partial charge in [0.2, 0.25) is 5.91 Å². The van der Waals surface area contributed by atoms with E-state index in [1.54, 1.807) is 24.3 Å². The quantitative estimate of drug-likeness (QED) is 0.607. The highest BCUT2D eigenvalue weighted by Crippen LogP contribution is 2.23. The summed E-state index contributed by atoms with van der Waals surface area (Å²) in [5.74, 6) is -0.767. The number of rotatable bonds is 4. The first kappa shape index (κ1) is 16.1. The van der Waals surface area contributed by atoms with Crippen LogP contribution in [0.3, 0.4) is 0 Å². The third-order valence-electron chi connectivity index (χ3n) is 3.70. The van der Waals surface area contributed by atoms with E-state index in [1.807, 2.05) is 12.1 Å². The maximum Gasteiger partial charge on any atom is 0.251 e. The maximum atomic E-state index is 12.9. The van der Waals surface area contributed by atoms with Crippen molar-refractivity contribution in [2.45, 2.75) is 19.0 Å². The fraction of sp³-hybridized carbons (Fsp3) is 0.176. The third kappa shape index (κ3) is 3.59. The van der Waals surface area contributed by atoms with Crippen molar-refractivity contribution in [1.82, 2.24) is 5.32 Å². The number of carbonyl (C=O) groups excluding carboxylic acids is 2. The second-order valence-electron chi connectivity index (χ2n) is 5.31. The van der Waals surface area contributed by atoms with Gasteiger partial charge in [0.1, 0.15) is 5.82 Å². The Morgan fingerprint density at radius 3 is 2.39 bits per heavy atom. The van der Waals surface area contributed by atoms with Gasteiger partial charge < -0.3 is 5.32 Å². The number of nitrogens with one attached hydrogen (secondary N) is 1. The lowest BCUT2D eigenvalue weighted by Crippen LogP contribution is -2.38. The maximum absolute atomic E-state index is 12.9. The van der Waals surface area contributed by atoms with Crippen LogP contribution in [-0.2, 0) is 16.1 Å². The molecule has 1 N–H and O–H groups in total. The van der Waals surface area contributed by atoms with Crippen LogP contribution in [0.1, 0.15) is 12.0 Å². The molecule has 0 aromatic heterocycles. The lowest BCUT2D eigenvalue weighted by Gasteiger charge is -2.15. The molecule has 23 heavy (non-hydrogen) atoms. The van der Waals surface area contributed by atoms with Gasteiger partial charge in [0.25, 0.3) is 5.91 Å². The van der Waals surface area contributed by atoms with Gasteiger partial charge in [-0.2, -0.15) is 0 Å². The van der Waals surface area contributed by atoms with Crippen molar-refractivity contribution in [1.29, 1.82) is 0 Å². The molecule has 0 spiro atoms. The minimum Gasteiger partial charge on any atom is -0.301 e. The molecule has 1 atom stereocenters. The molecule has 2 aromatic carbocycles. The number of carbonyl (C=O) groups is 2. The fourth-order valence-corrected chi connectivity index (χ4v) is 2.86. The predicted molar refractivity (Wildman–Crippen MR) is 93.3 cm³/mol. The van der Waals surface area contributed by atoms with E-state index in [2.05, 4.69) is 27.9 Å². The van der Waals surface area contributed by atoms with Crippen molar-refractivity contribution < 1.29 is 14.0 Å². The minimum atomic E-state index is -0.549. The number of halogens is 2. The van der Waals surface area contributed by atoms with Gasteiger partial charge in [-0.15, -0.1) is 0 Å². The van der Waals surface area contributed by atoms with Crippen molar-refractivity contribution in [2.24, 2.45) is 0 Å². The Balaban J connectivity index is 1.68. The SMILES string of the molecule is O=C1C[C@H](NCc2ccc(F)cc2)C(=O)N1c1ccc(I)cc1. The van der Waals surface area contributed by atoms with Crippen LogP contribution < -0.4 is 10.2 Å². The first-order valence-corrected chi connectivity index (χ1v) is 8.22. The molecule has 0 aliphatic carbocycles. The summed E-state index contributed by atoms with van der Waals surface area (Å²) in [6.07, 6.45) is 0.131. The average molecular weight is 424 g/mol. The molecule has 118 valence electrons. The molecule has 0 saturated carbocycles. The molecule has 0 bridgehead atoms. The van der Waals surface area contributed by atoms with Gasteiger partial charge in [-0.3, -0.25) is 9.59 Å². The standard InChI is InChI=1S/C17H14FIN2O2/c18-12-3-1-11(2-4-12)10-20-15-9-16(22)21(17(15)23)14-7-5-13(19)6-8-14/h1-8,15,20H,9-10H2/t15-/m0/s1. The van der Waals surface area contributed by atoms with E-state index < -0.39 is 6.04 Å². The van der Waals surface area contributed by atoms with Crippen LogP contribution in [0.5, 0.6) is 0 Å². The highest BCUT2D eigenvalue weighted by Gasteiger charge is 2.39. The Bertz CT molecular complexity index is 731. The molecule has 3 rings (SSSR count). The van der Waals surface area contributed by atoms with E-state index in [0.717, 1.165) is 9.13 Å². The second kappa shape index (κ2) is 6.76. The summed E-state index contributed by atoms with van der Waals surface area (Å²) < 4.78 is 13.9. The third-order valence-corrected chi connectivity index (χ3v) is 4.42. The highest BCUT2D eigenvalue weighted by atomic mass is 127. The van der Waals surface area contributed by atoms with E-state index in [-0.39, 0.29) is 24.1 Å². The van der Waals surface area contributed by atoms with Gasteiger partial charge in [0.05, 0.1) is 18.2 Å². The topological polar surface area (TPSA) is 49.4 Å². The van der Waals surface area contributed by atoms with Gasteiger partial charge >= 0.3 is 0 Å². The molecule has 1 saturated heterocycles. The number of nitrogens with zero attached hydrogens (tertiary/aromatic N) is 1. The monoisotopic (exact) mass is 424 g/mol. The lowest BCUT2D eigenvalue weighted by molar-refractivity contribution is -0.121. The number of hydrogen-bond acceptors (Lipinski definition) is 3. The Morgan fingerprint density at radius 1 is 1.09 bits per heavy atom. The number of anilines is 1. The molecule has 6 heteroatoms. The van der Waals surface area contributed by atoms with Crippen molar-refractivity contribution in [2.75, 3.05) is 4.90 Å². The Hall–Kier alpha value is -1.80. The highest BCUT2D eigenvalue weighted by molar-refractivity contribution is 14.1. The van der Waals surface area contributed by atoms with Gasteiger partial charge in [-0.1, -0.05) is 12.1 Å². The summed E-state index contributed by atoms with van der Waals surface area (Å²) in [5, 5.41) is 3.07. The molecular formula is C17H14FIN2O2. The molecule has 2 aromatic rings. The molecule has 0 unspecified atom stereocenters. The predicted octanol–water partition coefficient (Wildman–Crippen LogP) is 2.85. The van der Waals surface area contributed by atoms with Crippen LogP contribution >= 0.6 is 22.6 Å².